The summed E-state index contributed by atoms with van der Waals surface area (Å²) in [6, 6.07) is 11.5. The fraction of sp³-hybridized carbons (Fsp3) is 0.200. The van der Waals surface area contributed by atoms with Crippen LogP contribution in [-0.2, 0) is 6.54 Å². The average Bonchev–Trinajstić information content (AvgIpc) is 2.51. The van der Waals surface area contributed by atoms with Crippen LogP contribution in [0.2, 0.25) is 5.02 Å². The van der Waals surface area contributed by atoms with E-state index in [1.807, 2.05) is 0 Å². The first kappa shape index (κ1) is 16.2. The first-order valence-corrected chi connectivity index (χ1v) is 7.01. The third kappa shape index (κ3) is 4.17. The number of aliphatic hydroxyl groups excluding tert-OH is 1. The van der Waals surface area contributed by atoms with Crippen LogP contribution in [0.3, 0.4) is 0 Å². The molecule has 0 heterocycles. The number of hydrogen-bond acceptors (Lipinski definition) is 5. The molecule has 2 rings (SSSR count). The molecule has 2 N–H and O–H groups in total. The Kier molecular flexibility index (Phi) is 5.71. The van der Waals surface area contributed by atoms with Gasteiger partial charge in [-0.3, -0.25) is 10.1 Å². The fourth-order valence-electron chi connectivity index (χ4n) is 1.86. The minimum absolute atomic E-state index is 0.00972. The van der Waals surface area contributed by atoms with Crippen LogP contribution in [0.15, 0.2) is 42.5 Å². The summed E-state index contributed by atoms with van der Waals surface area (Å²) in [5.41, 5.74) is 0.592. The van der Waals surface area contributed by atoms with Crippen LogP contribution in [0.4, 0.5) is 5.69 Å². The van der Waals surface area contributed by atoms with Gasteiger partial charge in [0, 0.05) is 19.2 Å². The average molecular weight is 323 g/mol. The molecule has 0 atom stereocenters. The molecule has 0 amide bonds. The molecular formula is C15H15ClN2O4. The summed E-state index contributed by atoms with van der Waals surface area (Å²) < 4.78 is 5.55. The van der Waals surface area contributed by atoms with Gasteiger partial charge >= 0.3 is 5.69 Å². The summed E-state index contributed by atoms with van der Waals surface area (Å²) >= 11 is 5.99. The minimum Gasteiger partial charge on any atom is -0.449 e. The minimum atomic E-state index is -0.498. The number of para-hydroxylation sites is 1. The molecule has 0 spiro atoms. The number of halogens is 1. The van der Waals surface area contributed by atoms with Gasteiger partial charge in [-0.1, -0.05) is 29.8 Å². The van der Waals surface area contributed by atoms with E-state index in [0.717, 1.165) is 5.56 Å². The Bertz CT molecular complexity index is 664. The lowest BCUT2D eigenvalue weighted by Gasteiger charge is -2.09. The lowest BCUT2D eigenvalue weighted by atomic mass is 10.2. The fourth-order valence-corrected chi connectivity index (χ4v) is 2.03. The quantitative estimate of drug-likeness (QED) is 0.465. The second kappa shape index (κ2) is 7.74. The van der Waals surface area contributed by atoms with Gasteiger partial charge < -0.3 is 15.2 Å². The van der Waals surface area contributed by atoms with Crippen LogP contribution in [0.5, 0.6) is 11.5 Å². The van der Waals surface area contributed by atoms with Crippen molar-refractivity contribution in [2.24, 2.45) is 0 Å². The van der Waals surface area contributed by atoms with Crippen LogP contribution in [0, 0.1) is 10.1 Å². The highest BCUT2D eigenvalue weighted by Gasteiger charge is 2.17. The van der Waals surface area contributed by atoms with Gasteiger partial charge in [-0.15, -0.1) is 0 Å². The highest BCUT2D eigenvalue weighted by atomic mass is 35.5. The smallest absolute Gasteiger partial charge is 0.311 e. The van der Waals surface area contributed by atoms with Crippen LogP contribution in [-0.4, -0.2) is 23.2 Å². The number of ether oxygens (including phenoxy) is 1. The number of nitro groups is 1. The Morgan fingerprint density at radius 1 is 1.23 bits per heavy atom. The predicted octanol–water partition coefficient (Wildman–Crippen LogP) is 3.12. The van der Waals surface area contributed by atoms with E-state index in [4.69, 9.17) is 21.4 Å². The summed E-state index contributed by atoms with van der Waals surface area (Å²) in [5.74, 6) is 0.488. The first-order chi connectivity index (χ1) is 10.6. The summed E-state index contributed by atoms with van der Waals surface area (Å²) in [4.78, 5) is 10.7. The molecule has 0 aliphatic rings. The predicted molar refractivity (Wildman–Crippen MR) is 83.4 cm³/mol. The molecule has 6 nitrogen and oxygen atoms in total. The number of hydrogen-bond donors (Lipinski definition) is 2. The van der Waals surface area contributed by atoms with E-state index in [9.17, 15) is 10.1 Å². The number of aliphatic hydroxyl groups is 1. The zero-order chi connectivity index (χ0) is 15.9. The number of benzene rings is 2. The van der Waals surface area contributed by atoms with Crippen molar-refractivity contribution in [3.63, 3.8) is 0 Å². The van der Waals surface area contributed by atoms with Gasteiger partial charge in [0.1, 0.15) is 5.75 Å². The second-order valence-electron chi connectivity index (χ2n) is 4.49. The maximum Gasteiger partial charge on any atom is 0.311 e. The monoisotopic (exact) mass is 322 g/mol. The molecule has 2 aromatic rings. The third-order valence-electron chi connectivity index (χ3n) is 2.89. The largest absolute Gasteiger partial charge is 0.449 e. The number of nitrogens with one attached hydrogen (secondary N) is 1. The molecule has 0 saturated carbocycles. The molecule has 7 heteroatoms. The van der Waals surface area contributed by atoms with E-state index < -0.39 is 4.92 Å². The molecule has 0 unspecified atom stereocenters. The molecule has 0 aromatic heterocycles. The molecule has 22 heavy (non-hydrogen) atoms. The summed E-state index contributed by atoms with van der Waals surface area (Å²) in [6.45, 7) is 0.856. The van der Waals surface area contributed by atoms with Gasteiger partial charge in [0.15, 0.2) is 0 Å². The number of nitro benzene ring substituents is 1. The van der Waals surface area contributed by atoms with Crippen LogP contribution in [0.25, 0.3) is 0 Å². The SMILES string of the molecule is O=[N+]([O-])c1cc(CNCCO)ccc1Oc1ccccc1Cl. The highest BCUT2D eigenvalue weighted by Crippen LogP contribution is 2.35. The standard InChI is InChI=1S/C15H15ClN2O4/c16-12-3-1-2-4-14(12)22-15-6-5-11(10-17-7-8-19)9-13(15)18(20)21/h1-6,9,17,19H,7-8,10H2. The topological polar surface area (TPSA) is 84.6 Å². The normalized spacial score (nSPS) is 10.5. The van der Waals surface area contributed by atoms with Gasteiger partial charge in [0.05, 0.1) is 16.6 Å². The second-order valence-corrected chi connectivity index (χ2v) is 4.90. The van der Waals surface area contributed by atoms with Crippen LogP contribution in [0.1, 0.15) is 5.56 Å². The summed E-state index contributed by atoms with van der Waals surface area (Å²) in [6.07, 6.45) is 0. The van der Waals surface area contributed by atoms with Crippen molar-refractivity contribution in [1.29, 1.82) is 0 Å². The molecule has 0 fully saturated rings. The molecule has 2 aromatic carbocycles. The Labute approximate surface area is 132 Å². The zero-order valence-corrected chi connectivity index (χ0v) is 12.4. The Hall–Kier alpha value is -2.15. The van der Waals surface area contributed by atoms with Gasteiger partial charge in [0.25, 0.3) is 0 Å². The van der Waals surface area contributed by atoms with Crippen LogP contribution < -0.4 is 10.1 Å². The third-order valence-corrected chi connectivity index (χ3v) is 3.21. The van der Waals surface area contributed by atoms with Crippen molar-refractivity contribution in [1.82, 2.24) is 5.32 Å². The molecular weight excluding hydrogens is 308 g/mol. The number of nitrogens with zero attached hydrogens (tertiary/aromatic N) is 1. The summed E-state index contributed by atoms with van der Waals surface area (Å²) in [7, 11) is 0. The van der Waals surface area contributed by atoms with E-state index in [1.54, 1.807) is 30.3 Å². The lowest BCUT2D eigenvalue weighted by molar-refractivity contribution is -0.385. The maximum absolute atomic E-state index is 11.2. The Balaban J connectivity index is 2.24. The van der Waals surface area contributed by atoms with E-state index in [1.165, 1.54) is 12.1 Å². The maximum atomic E-state index is 11.2. The summed E-state index contributed by atoms with van der Waals surface area (Å²) in [5, 5.41) is 23.3. The van der Waals surface area contributed by atoms with Crippen molar-refractivity contribution >= 4 is 17.3 Å². The van der Waals surface area contributed by atoms with Gasteiger partial charge in [-0.05, 0) is 23.8 Å². The molecule has 0 aliphatic heterocycles. The Morgan fingerprint density at radius 3 is 2.68 bits per heavy atom. The van der Waals surface area contributed by atoms with Crippen molar-refractivity contribution in [3.8, 4) is 11.5 Å². The van der Waals surface area contributed by atoms with Crippen molar-refractivity contribution < 1.29 is 14.8 Å². The van der Waals surface area contributed by atoms with Gasteiger partial charge in [-0.2, -0.15) is 0 Å². The lowest BCUT2D eigenvalue weighted by Crippen LogP contribution is -2.17. The molecule has 0 saturated heterocycles. The highest BCUT2D eigenvalue weighted by molar-refractivity contribution is 6.32. The van der Waals surface area contributed by atoms with E-state index >= 15 is 0 Å². The van der Waals surface area contributed by atoms with Crippen LogP contribution >= 0.6 is 11.6 Å². The first-order valence-electron chi connectivity index (χ1n) is 6.63. The zero-order valence-electron chi connectivity index (χ0n) is 11.7. The number of rotatable bonds is 7. The Morgan fingerprint density at radius 2 is 2.00 bits per heavy atom. The van der Waals surface area contributed by atoms with E-state index in [-0.39, 0.29) is 18.0 Å². The van der Waals surface area contributed by atoms with E-state index in [2.05, 4.69) is 5.32 Å². The van der Waals surface area contributed by atoms with E-state index in [0.29, 0.717) is 23.9 Å². The van der Waals surface area contributed by atoms with Gasteiger partial charge in [-0.25, -0.2) is 0 Å². The molecule has 0 aliphatic carbocycles. The molecule has 0 radical (unpaired) electrons. The van der Waals surface area contributed by atoms with Gasteiger partial charge in [0.2, 0.25) is 5.75 Å². The van der Waals surface area contributed by atoms with Crippen molar-refractivity contribution in [2.75, 3.05) is 13.2 Å². The molecule has 116 valence electrons. The molecule has 0 bridgehead atoms. The van der Waals surface area contributed by atoms with Crippen molar-refractivity contribution in [2.45, 2.75) is 6.54 Å². The van der Waals surface area contributed by atoms with Crippen molar-refractivity contribution in [3.05, 3.63) is 63.2 Å².